The minimum atomic E-state index is -3.48. The highest BCUT2D eigenvalue weighted by atomic mass is 32.2. The van der Waals surface area contributed by atoms with E-state index in [2.05, 4.69) is 0 Å². The lowest BCUT2D eigenvalue weighted by atomic mass is 9.96. The zero-order valence-electron chi connectivity index (χ0n) is 11.8. The highest BCUT2D eigenvalue weighted by molar-refractivity contribution is 8.22. The van der Waals surface area contributed by atoms with Crippen LogP contribution >= 0.6 is 23.5 Å². The number of hydrogen-bond donors (Lipinski definition) is 1. The van der Waals surface area contributed by atoms with Gasteiger partial charge in [0, 0.05) is 6.92 Å². The standard InChI is InChI=1S/C13H16F2O5S2/c1-12(14,15)11(18)19-6-2-4-13(5-3-6)21-7-8(22-13)10(17)20-9(7)16/h6-9,16H,2-5H2,1H3. The SMILES string of the molecule is CC(F)(F)C(=O)OC1CCC2(CC1)SC1C(=O)OC(O)C1S2. The number of halogens is 2. The lowest BCUT2D eigenvalue weighted by molar-refractivity contribution is -0.176. The second kappa shape index (κ2) is 5.52. The zero-order valence-corrected chi connectivity index (χ0v) is 13.4. The Kier molecular flexibility index (Phi) is 4.10. The van der Waals surface area contributed by atoms with E-state index in [4.69, 9.17) is 9.47 Å². The van der Waals surface area contributed by atoms with Gasteiger partial charge >= 0.3 is 17.9 Å². The minimum Gasteiger partial charge on any atom is -0.458 e. The van der Waals surface area contributed by atoms with Crippen LogP contribution in [0.2, 0.25) is 0 Å². The molecule has 3 rings (SSSR count). The molecule has 1 aliphatic carbocycles. The predicted octanol–water partition coefficient (Wildman–Crippen LogP) is 1.92. The van der Waals surface area contributed by atoms with Crippen molar-refractivity contribution in [3.05, 3.63) is 0 Å². The number of carbonyl (C=O) groups is 2. The van der Waals surface area contributed by atoms with E-state index in [9.17, 15) is 23.5 Å². The van der Waals surface area contributed by atoms with E-state index in [-0.39, 0.29) is 14.6 Å². The third-order valence-corrected chi connectivity index (χ3v) is 8.01. The van der Waals surface area contributed by atoms with Gasteiger partial charge in [0.1, 0.15) is 11.4 Å². The van der Waals surface area contributed by atoms with Crippen LogP contribution in [0.15, 0.2) is 0 Å². The minimum absolute atomic E-state index is 0.229. The number of alkyl halides is 2. The number of fused-ring (bicyclic) bond motifs is 1. The van der Waals surface area contributed by atoms with Crippen LogP contribution in [0, 0.1) is 0 Å². The van der Waals surface area contributed by atoms with Gasteiger partial charge in [0.25, 0.3) is 0 Å². The predicted molar refractivity (Wildman–Crippen MR) is 76.6 cm³/mol. The summed E-state index contributed by atoms with van der Waals surface area (Å²) in [4.78, 5) is 22.9. The van der Waals surface area contributed by atoms with Gasteiger partial charge in [-0.05, 0) is 25.7 Å². The van der Waals surface area contributed by atoms with Gasteiger partial charge in [-0.3, -0.25) is 4.79 Å². The van der Waals surface area contributed by atoms with Crippen LogP contribution in [0.3, 0.4) is 0 Å². The number of rotatable bonds is 2. The summed E-state index contributed by atoms with van der Waals surface area (Å²) in [6.45, 7) is 0.524. The van der Waals surface area contributed by atoms with Crippen molar-refractivity contribution >= 4 is 35.5 Å². The molecule has 2 heterocycles. The first-order valence-corrected chi connectivity index (χ1v) is 8.79. The first-order chi connectivity index (χ1) is 10.2. The monoisotopic (exact) mass is 354 g/mol. The number of thioether (sulfide) groups is 2. The maximum Gasteiger partial charge on any atom is 0.376 e. The number of hydrogen-bond acceptors (Lipinski definition) is 7. The van der Waals surface area contributed by atoms with Gasteiger partial charge < -0.3 is 14.6 Å². The summed E-state index contributed by atoms with van der Waals surface area (Å²) in [7, 11) is 0. The molecule has 1 N–H and O–H groups in total. The fraction of sp³-hybridized carbons (Fsp3) is 0.846. The second-order valence-electron chi connectivity index (χ2n) is 5.85. The maximum absolute atomic E-state index is 12.8. The number of carbonyl (C=O) groups excluding carboxylic acids is 2. The quantitative estimate of drug-likeness (QED) is 0.760. The van der Waals surface area contributed by atoms with Crippen LogP contribution in [0.1, 0.15) is 32.6 Å². The van der Waals surface area contributed by atoms with Crippen molar-refractivity contribution in [1.29, 1.82) is 0 Å². The van der Waals surface area contributed by atoms with Gasteiger partial charge in [0.2, 0.25) is 6.29 Å². The van der Waals surface area contributed by atoms with Crippen LogP contribution in [-0.2, 0) is 19.1 Å². The highest BCUT2D eigenvalue weighted by Crippen LogP contribution is 2.61. The summed E-state index contributed by atoms with van der Waals surface area (Å²) in [5.41, 5.74) is 0. The average Bonchev–Trinajstić information content (AvgIpc) is 2.91. The average molecular weight is 354 g/mol. The van der Waals surface area contributed by atoms with Crippen molar-refractivity contribution in [2.75, 3.05) is 0 Å². The number of esters is 2. The van der Waals surface area contributed by atoms with Gasteiger partial charge in [0.05, 0.1) is 9.33 Å². The first-order valence-electron chi connectivity index (χ1n) is 7.03. The molecule has 0 aromatic carbocycles. The zero-order chi connectivity index (χ0) is 16.1. The van der Waals surface area contributed by atoms with Gasteiger partial charge in [-0.2, -0.15) is 8.78 Å². The smallest absolute Gasteiger partial charge is 0.376 e. The third-order valence-electron chi connectivity index (χ3n) is 4.07. The summed E-state index contributed by atoms with van der Waals surface area (Å²) < 4.78 is 35.1. The van der Waals surface area contributed by atoms with Gasteiger partial charge in [-0.1, -0.05) is 0 Å². The Morgan fingerprint density at radius 1 is 1.41 bits per heavy atom. The molecule has 1 spiro atoms. The Labute approximate surface area is 134 Å². The molecule has 9 heteroatoms. The summed E-state index contributed by atoms with van der Waals surface area (Å²) in [5, 5.41) is 9.06. The topological polar surface area (TPSA) is 72.8 Å². The lowest BCUT2D eigenvalue weighted by Crippen LogP contribution is -2.36. The van der Waals surface area contributed by atoms with E-state index < -0.39 is 30.3 Å². The Morgan fingerprint density at radius 3 is 2.59 bits per heavy atom. The number of aliphatic hydroxyl groups excluding tert-OH is 1. The van der Waals surface area contributed by atoms with Crippen molar-refractivity contribution in [3.63, 3.8) is 0 Å². The summed E-state index contributed by atoms with van der Waals surface area (Å²) in [6, 6.07) is 0. The molecular formula is C13H16F2O5S2. The summed E-state index contributed by atoms with van der Waals surface area (Å²) in [6.07, 6.45) is 0.649. The molecule has 22 heavy (non-hydrogen) atoms. The van der Waals surface area contributed by atoms with Crippen LogP contribution in [0.4, 0.5) is 8.78 Å². The van der Waals surface area contributed by atoms with Crippen LogP contribution < -0.4 is 0 Å². The molecule has 1 saturated carbocycles. The van der Waals surface area contributed by atoms with Crippen molar-refractivity contribution in [1.82, 2.24) is 0 Å². The van der Waals surface area contributed by atoms with Crippen molar-refractivity contribution in [3.8, 4) is 0 Å². The molecule has 0 radical (unpaired) electrons. The number of cyclic esters (lactones) is 1. The molecule has 124 valence electrons. The van der Waals surface area contributed by atoms with Gasteiger partial charge in [-0.15, -0.1) is 23.5 Å². The number of aliphatic hydroxyl groups is 1. The molecule has 0 aromatic heterocycles. The molecule has 5 nitrogen and oxygen atoms in total. The Balaban J connectivity index is 1.57. The molecule has 3 atom stereocenters. The molecule has 0 amide bonds. The molecule has 3 unspecified atom stereocenters. The lowest BCUT2D eigenvalue weighted by Gasteiger charge is -2.36. The van der Waals surface area contributed by atoms with Crippen LogP contribution in [0.25, 0.3) is 0 Å². The molecule has 0 aromatic rings. The van der Waals surface area contributed by atoms with E-state index in [1.807, 2.05) is 0 Å². The van der Waals surface area contributed by atoms with Gasteiger partial charge in [0.15, 0.2) is 0 Å². The van der Waals surface area contributed by atoms with E-state index in [0.29, 0.717) is 32.6 Å². The Morgan fingerprint density at radius 2 is 2.05 bits per heavy atom. The molecular weight excluding hydrogens is 338 g/mol. The third kappa shape index (κ3) is 2.94. The van der Waals surface area contributed by atoms with Crippen LogP contribution in [-0.4, -0.2) is 49.9 Å². The fourth-order valence-corrected chi connectivity index (χ4v) is 6.85. The normalized spacial score (nSPS) is 41.4. The highest BCUT2D eigenvalue weighted by Gasteiger charge is 2.58. The van der Waals surface area contributed by atoms with Gasteiger partial charge in [-0.25, -0.2) is 4.79 Å². The van der Waals surface area contributed by atoms with E-state index in [1.165, 1.54) is 23.5 Å². The molecule has 2 aliphatic heterocycles. The fourth-order valence-electron chi connectivity index (χ4n) is 2.92. The van der Waals surface area contributed by atoms with Crippen LogP contribution in [0.5, 0.6) is 0 Å². The maximum atomic E-state index is 12.8. The van der Waals surface area contributed by atoms with E-state index in [0.717, 1.165) is 0 Å². The molecule has 3 aliphatic rings. The number of ether oxygens (including phenoxy) is 2. The largest absolute Gasteiger partial charge is 0.458 e. The second-order valence-corrected chi connectivity index (χ2v) is 9.20. The summed E-state index contributed by atoms with van der Waals surface area (Å²) in [5.74, 6) is -5.36. The Hall–Kier alpha value is -0.540. The van der Waals surface area contributed by atoms with Crippen molar-refractivity contribution < 1.29 is 33.0 Å². The molecule has 3 fully saturated rings. The van der Waals surface area contributed by atoms with E-state index in [1.54, 1.807) is 0 Å². The Bertz CT molecular complexity index is 487. The summed E-state index contributed by atoms with van der Waals surface area (Å²) >= 11 is 3.00. The molecule has 0 bridgehead atoms. The molecule has 2 saturated heterocycles. The van der Waals surface area contributed by atoms with E-state index >= 15 is 0 Å². The first kappa shape index (κ1) is 16.3. The van der Waals surface area contributed by atoms with Crippen molar-refractivity contribution in [2.45, 2.75) is 65.5 Å². The van der Waals surface area contributed by atoms with Crippen molar-refractivity contribution in [2.24, 2.45) is 0 Å².